The lowest BCUT2D eigenvalue weighted by Crippen LogP contribution is -2.49. The van der Waals surface area contributed by atoms with Crippen molar-refractivity contribution in [2.24, 2.45) is 7.05 Å². The lowest BCUT2D eigenvalue weighted by molar-refractivity contribution is 0.0499. The van der Waals surface area contributed by atoms with Crippen molar-refractivity contribution >= 4 is 40.6 Å². The van der Waals surface area contributed by atoms with Gasteiger partial charge in [-0.05, 0) is 51.3 Å². The number of carbonyl (C=O) groups is 2. The van der Waals surface area contributed by atoms with Crippen molar-refractivity contribution < 1.29 is 14.3 Å². The molecule has 204 valence electrons. The predicted octanol–water partition coefficient (Wildman–Crippen LogP) is 3.63. The molecule has 10 nitrogen and oxygen atoms in total. The van der Waals surface area contributed by atoms with Gasteiger partial charge in [-0.1, -0.05) is 29.8 Å². The Morgan fingerprint density at radius 2 is 1.95 bits per heavy atom. The highest BCUT2D eigenvalue weighted by atomic mass is 35.5. The van der Waals surface area contributed by atoms with E-state index in [1.54, 1.807) is 27.2 Å². The zero-order valence-corrected chi connectivity index (χ0v) is 23.5. The molecule has 0 aliphatic carbocycles. The number of benzene rings is 1. The van der Waals surface area contributed by atoms with E-state index in [0.29, 0.717) is 41.6 Å². The van der Waals surface area contributed by atoms with E-state index in [1.807, 2.05) is 49.6 Å². The van der Waals surface area contributed by atoms with Gasteiger partial charge < -0.3 is 29.0 Å². The number of pyridine rings is 1. The number of carbonyl (C=O) groups excluding carboxylic acids is 2. The summed E-state index contributed by atoms with van der Waals surface area (Å²) in [6, 6.07) is 8.98. The molecule has 4 rings (SSSR count). The minimum atomic E-state index is -0.594. The van der Waals surface area contributed by atoms with Gasteiger partial charge in [0.05, 0.1) is 12.1 Å². The van der Waals surface area contributed by atoms with Gasteiger partial charge in [0, 0.05) is 45.3 Å². The first kappa shape index (κ1) is 27.5. The number of nitrogens with one attached hydrogen (secondary N) is 1. The van der Waals surface area contributed by atoms with Crippen molar-refractivity contribution in [2.75, 3.05) is 32.1 Å². The van der Waals surface area contributed by atoms with E-state index >= 15 is 0 Å². The van der Waals surface area contributed by atoms with Crippen LogP contribution in [0.2, 0.25) is 5.02 Å². The van der Waals surface area contributed by atoms with E-state index < -0.39 is 11.7 Å². The fourth-order valence-electron chi connectivity index (χ4n) is 4.65. The molecule has 0 spiro atoms. The molecule has 1 aliphatic heterocycles. The molecule has 0 unspecified atom stereocenters. The third-order valence-electron chi connectivity index (χ3n) is 6.45. The molecule has 1 N–H and O–H groups in total. The van der Waals surface area contributed by atoms with Gasteiger partial charge in [0.1, 0.15) is 16.8 Å². The summed E-state index contributed by atoms with van der Waals surface area (Å²) in [7, 11) is 4.88. The number of fused-ring (bicyclic) bond motifs is 1. The maximum atomic E-state index is 13.6. The molecular formula is C27H35ClN6O4. The van der Waals surface area contributed by atoms with Crippen LogP contribution in [-0.4, -0.2) is 69.8 Å². The van der Waals surface area contributed by atoms with E-state index in [0.717, 1.165) is 18.4 Å². The highest BCUT2D eigenvalue weighted by Crippen LogP contribution is 2.27. The third kappa shape index (κ3) is 5.80. The summed E-state index contributed by atoms with van der Waals surface area (Å²) in [4.78, 5) is 47.2. The van der Waals surface area contributed by atoms with E-state index in [-0.39, 0.29) is 23.2 Å². The summed E-state index contributed by atoms with van der Waals surface area (Å²) in [5, 5.41) is 3.55. The number of anilines is 1. The van der Waals surface area contributed by atoms with E-state index in [1.165, 1.54) is 9.47 Å². The number of hydrogen-bond acceptors (Lipinski definition) is 6. The molecule has 0 bridgehead atoms. The van der Waals surface area contributed by atoms with Crippen molar-refractivity contribution in [3.63, 3.8) is 0 Å². The Hall–Kier alpha value is -3.53. The number of nitrogens with zero attached hydrogens (tertiary/aromatic N) is 5. The molecule has 38 heavy (non-hydrogen) atoms. The van der Waals surface area contributed by atoms with Gasteiger partial charge in [0.2, 0.25) is 5.95 Å². The zero-order chi connectivity index (χ0) is 27.8. The Morgan fingerprint density at radius 1 is 1.24 bits per heavy atom. The molecule has 2 amide bonds. The van der Waals surface area contributed by atoms with Crippen molar-refractivity contribution in [3.8, 4) is 0 Å². The standard InChI is InChI=1S/C27H35ClN6O4/c1-27(2,3)38-26(37)29-18-11-9-13-33(16-18)25-30-20-14-21(23(35)31(4)5)32(6)24(36)22(20)34(25)15-17-10-7-8-12-19(17)28/h7-8,10,12,14,18H,9,11,13,15-16H2,1-6H3,(H,29,37)/t18-/m1/s1. The number of aromatic nitrogens is 3. The molecule has 1 fully saturated rings. The lowest BCUT2D eigenvalue weighted by Gasteiger charge is -2.34. The molecular weight excluding hydrogens is 508 g/mol. The van der Waals surface area contributed by atoms with Gasteiger partial charge in [0.25, 0.3) is 11.5 Å². The molecule has 11 heteroatoms. The normalized spacial score (nSPS) is 16.0. The van der Waals surface area contributed by atoms with Crippen LogP contribution in [0.1, 0.15) is 49.7 Å². The monoisotopic (exact) mass is 542 g/mol. The Kier molecular flexibility index (Phi) is 7.73. The molecule has 0 radical (unpaired) electrons. The number of imidazole rings is 1. The Balaban J connectivity index is 1.78. The van der Waals surface area contributed by atoms with Crippen LogP contribution in [0.15, 0.2) is 35.1 Å². The van der Waals surface area contributed by atoms with E-state index in [2.05, 4.69) is 10.2 Å². The van der Waals surface area contributed by atoms with Crippen LogP contribution in [0.5, 0.6) is 0 Å². The second-order valence-corrected chi connectivity index (χ2v) is 11.3. The quantitative estimate of drug-likeness (QED) is 0.528. The Bertz CT molecular complexity index is 1420. The van der Waals surface area contributed by atoms with Gasteiger partial charge in [-0.15, -0.1) is 0 Å². The van der Waals surface area contributed by atoms with Crippen molar-refractivity contribution in [2.45, 2.75) is 51.8 Å². The summed E-state index contributed by atoms with van der Waals surface area (Å²) in [5.41, 5.74) is 1.00. The summed E-state index contributed by atoms with van der Waals surface area (Å²) in [6.45, 7) is 6.99. The fraction of sp³-hybridized carbons (Fsp3) is 0.481. The van der Waals surface area contributed by atoms with Gasteiger partial charge in [-0.3, -0.25) is 9.59 Å². The molecule has 1 aromatic carbocycles. The summed E-state index contributed by atoms with van der Waals surface area (Å²) >= 11 is 6.49. The molecule has 1 atom stereocenters. The average Bonchev–Trinajstić information content (AvgIpc) is 3.19. The predicted molar refractivity (Wildman–Crippen MR) is 148 cm³/mol. The van der Waals surface area contributed by atoms with E-state index in [4.69, 9.17) is 21.3 Å². The Labute approximate surface area is 227 Å². The number of ether oxygens (including phenoxy) is 1. The number of rotatable bonds is 5. The van der Waals surface area contributed by atoms with Crippen LogP contribution in [0.4, 0.5) is 10.7 Å². The summed E-state index contributed by atoms with van der Waals surface area (Å²) in [6.07, 6.45) is 1.15. The van der Waals surface area contributed by atoms with Crippen LogP contribution >= 0.6 is 11.6 Å². The van der Waals surface area contributed by atoms with Gasteiger partial charge >= 0.3 is 6.09 Å². The number of piperidine rings is 1. The second kappa shape index (κ2) is 10.7. The highest BCUT2D eigenvalue weighted by molar-refractivity contribution is 6.31. The second-order valence-electron chi connectivity index (χ2n) is 10.8. The first-order valence-electron chi connectivity index (χ1n) is 12.7. The third-order valence-corrected chi connectivity index (χ3v) is 6.82. The highest BCUT2D eigenvalue weighted by Gasteiger charge is 2.29. The topological polar surface area (TPSA) is 102 Å². The molecule has 3 heterocycles. The Morgan fingerprint density at radius 3 is 2.61 bits per heavy atom. The molecule has 1 aliphatic rings. The van der Waals surface area contributed by atoms with Gasteiger partial charge in [-0.25, -0.2) is 9.78 Å². The average molecular weight is 543 g/mol. The van der Waals surface area contributed by atoms with Crippen LogP contribution in [0, 0.1) is 0 Å². The van der Waals surface area contributed by atoms with Gasteiger partial charge in [0.15, 0.2) is 0 Å². The maximum Gasteiger partial charge on any atom is 0.407 e. The smallest absolute Gasteiger partial charge is 0.407 e. The first-order chi connectivity index (χ1) is 17.9. The fourth-order valence-corrected chi connectivity index (χ4v) is 4.85. The van der Waals surface area contributed by atoms with Crippen LogP contribution < -0.4 is 15.8 Å². The number of alkyl carbamates (subject to hydrolysis) is 1. The van der Waals surface area contributed by atoms with Crippen molar-refractivity contribution in [1.29, 1.82) is 0 Å². The summed E-state index contributed by atoms with van der Waals surface area (Å²) in [5.74, 6) is 0.301. The molecule has 1 saturated heterocycles. The minimum absolute atomic E-state index is 0.152. The van der Waals surface area contributed by atoms with E-state index in [9.17, 15) is 14.4 Å². The minimum Gasteiger partial charge on any atom is -0.444 e. The SMILES string of the molecule is CN(C)C(=O)c1cc2nc(N3CCC[C@@H](NC(=O)OC(C)(C)C)C3)n(Cc3ccccc3Cl)c2c(=O)n1C. The maximum absolute atomic E-state index is 13.6. The number of hydrogen-bond donors (Lipinski definition) is 1. The first-order valence-corrected chi connectivity index (χ1v) is 13.0. The molecule has 3 aromatic rings. The van der Waals surface area contributed by atoms with Crippen LogP contribution in [0.3, 0.4) is 0 Å². The van der Waals surface area contributed by atoms with Crippen molar-refractivity contribution in [1.82, 2.24) is 24.3 Å². The number of amides is 2. The lowest BCUT2D eigenvalue weighted by atomic mass is 10.1. The summed E-state index contributed by atoms with van der Waals surface area (Å²) < 4.78 is 8.67. The largest absolute Gasteiger partial charge is 0.444 e. The van der Waals surface area contributed by atoms with Crippen LogP contribution in [-0.2, 0) is 18.3 Å². The molecule has 2 aromatic heterocycles. The molecule has 0 saturated carbocycles. The van der Waals surface area contributed by atoms with Crippen LogP contribution in [0.25, 0.3) is 11.0 Å². The van der Waals surface area contributed by atoms with Crippen molar-refractivity contribution in [3.05, 3.63) is 57.0 Å². The number of halogens is 1. The zero-order valence-electron chi connectivity index (χ0n) is 22.7. The van der Waals surface area contributed by atoms with Gasteiger partial charge in [-0.2, -0.15) is 0 Å².